The molecule has 0 radical (unpaired) electrons. The molecular weight excluding hydrogens is 221 g/mol. The van der Waals surface area contributed by atoms with Crippen LogP contribution in [0, 0.1) is 5.82 Å². The van der Waals surface area contributed by atoms with Crippen LogP contribution in [-0.4, -0.2) is 16.6 Å². The zero-order chi connectivity index (χ0) is 13.1. The molecule has 17 heavy (non-hydrogen) atoms. The number of halogens is 1. The van der Waals surface area contributed by atoms with Crippen LogP contribution in [0.5, 0.6) is 5.75 Å². The van der Waals surface area contributed by atoms with Gasteiger partial charge in [-0.25, -0.2) is 4.39 Å². The van der Waals surface area contributed by atoms with Crippen LogP contribution in [0.3, 0.4) is 0 Å². The van der Waals surface area contributed by atoms with Crippen molar-refractivity contribution in [2.24, 2.45) is 0 Å². The molecule has 1 rings (SSSR count). The molecule has 2 N–H and O–H groups in total. The third-order valence-electron chi connectivity index (χ3n) is 2.53. The summed E-state index contributed by atoms with van der Waals surface area (Å²) in [5.74, 6) is -1.21. The van der Waals surface area contributed by atoms with Gasteiger partial charge in [0.2, 0.25) is 0 Å². The second-order valence-electron chi connectivity index (χ2n) is 4.75. The predicted octanol–water partition coefficient (Wildman–Crippen LogP) is 2.84. The molecule has 1 amide bonds. The summed E-state index contributed by atoms with van der Waals surface area (Å²) in [6.07, 6.45) is 1.75. The van der Waals surface area contributed by atoms with Crippen molar-refractivity contribution in [3.8, 4) is 5.75 Å². The number of rotatable bonds is 4. The van der Waals surface area contributed by atoms with Gasteiger partial charge in [0.05, 0.1) is 5.56 Å². The molecule has 3 nitrogen and oxygen atoms in total. The lowest BCUT2D eigenvalue weighted by atomic mass is 9.98. The van der Waals surface area contributed by atoms with Crippen molar-refractivity contribution in [2.75, 3.05) is 0 Å². The lowest BCUT2D eigenvalue weighted by Gasteiger charge is -2.25. The van der Waals surface area contributed by atoms with Gasteiger partial charge in [-0.05, 0) is 38.5 Å². The van der Waals surface area contributed by atoms with Crippen molar-refractivity contribution in [3.05, 3.63) is 29.6 Å². The van der Waals surface area contributed by atoms with Crippen molar-refractivity contribution in [3.63, 3.8) is 0 Å². The smallest absolute Gasteiger partial charge is 0.255 e. The average Bonchev–Trinajstić information content (AvgIpc) is 2.20. The van der Waals surface area contributed by atoms with Gasteiger partial charge in [0.1, 0.15) is 11.6 Å². The lowest BCUT2D eigenvalue weighted by molar-refractivity contribution is 0.0906. The van der Waals surface area contributed by atoms with Crippen LogP contribution in [0.25, 0.3) is 0 Å². The summed E-state index contributed by atoms with van der Waals surface area (Å²) in [6, 6.07) is 3.33. The van der Waals surface area contributed by atoms with Crippen LogP contribution in [0.2, 0.25) is 0 Å². The van der Waals surface area contributed by atoms with E-state index in [9.17, 15) is 14.3 Å². The van der Waals surface area contributed by atoms with Gasteiger partial charge in [-0.2, -0.15) is 0 Å². The van der Waals surface area contributed by atoms with Gasteiger partial charge in [0, 0.05) is 5.54 Å². The zero-order valence-electron chi connectivity index (χ0n) is 10.4. The van der Waals surface area contributed by atoms with Crippen molar-refractivity contribution >= 4 is 5.91 Å². The Bertz CT molecular complexity index is 416. The molecule has 0 atom stereocenters. The van der Waals surface area contributed by atoms with E-state index in [2.05, 4.69) is 5.32 Å². The molecule has 0 aliphatic rings. The van der Waals surface area contributed by atoms with Crippen LogP contribution in [0.4, 0.5) is 4.39 Å². The first-order valence-corrected chi connectivity index (χ1v) is 5.67. The Morgan fingerprint density at radius 3 is 2.71 bits per heavy atom. The topological polar surface area (TPSA) is 49.3 Å². The maximum atomic E-state index is 13.0. The number of aromatic hydroxyl groups is 1. The number of phenols is 1. The molecule has 0 fully saturated rings. The van der Waals surface area contributed by atoms with E-state index in [0.717, 1.165) is 25.0 Å². The number of hydrogen-bond donors (Lipinski definition) is 2. The number of carbonyl (C=O) groups is 1. The quantitative estimate of drug-likeness (QED) is 0.848. The van der Waals surface area contributed by atoms with E-state index in [4.69, 9.17) is 0 Å². The van der Waals surface area contributed by atoms with Crippen molar-refractivity contribution < 1.29 is 14.3 Å². The van der Waals surface area contributed by atoms with Crippen LogP contribution < -0.4 is 5.32 Å². The normalized spacial score (nSPS) is 11.3. The first kappa shape index (κ1) is 13.5. The van der Waals surface area contributed by atoms with Gasteiger partial charge in [-0.3, -0.25) is 4.79 Å². The van der Waals surface area contributed by atoms with Gasteiger partial charge < -0.3 is 10.4 Å². The zero-order valence-corrected chi connectivity index (χ0v) is 10.4. The van der Waals surface area contributed by atoms with Gasteiger partial charge in [-0.15, -0.1) is 0 Å². The Balaban J connectivity index is 2.86. The van der Waals surface area contributed by atoms with Crippen LogP contribution in [0.15, 0.2) is 18.2 Å². The van der Waals surface area contributed by atoms with E-state index in [1.165, 1.54) is 6.07 Å². The molecule has 1 aromatic rings. The molecule has 0 saturated carbocycles. The summed E-state index contributed by atoms with van der Waals surface area (Å²) in [5, 5.41) is 12.3. The molecule has 0 saturated heterocycles. The Hall–Kier alpha value is -1.58. The average molecular weight is 239 g/mol. The molecule has 1 aromatic carbocycles. The van der Waals surface area contributed by atoms with E-state index < -0.39 is 11.7 Å². The predicted molar refractivity (Wildman–Crippen MR) is 64.5 cm³/mol. The highest BCUT2D eigenvalue weighted by Gasteiger charge is 2.21. The fraction of sp³-hybridized carbons (Fsp3) is 0.462. The standard InChI is InChI=1S/C13H18FNO2/c1-4-7-13(2,3)15-12(17)10-8-9(14)5-6-11(10)16/h5-6,8,16H,4,7H2,1-3H3,(H,15,17). The fourth-order valence-corrected chi connectivity index (χ4v) is 1.75. The van der Waals surface area contributed by atoms with Crippen LogP contribution in [-0.2, 0) is 0 Å². The van der Waals surface area contributed by atoms with Crippen molar-refractivity contribution in [1.29, 1.82) is 0 Å². The van der Waals surface area contributed by atoms with E-state index in [-0.39, 0.29) is 16.9 Å². The third-order valence-corrected chi connectivity index (χ3v) is 2.53. The minimum Gasteiger partial charge on any atom is -0.507 e. The second-order valence-corrected chi connectivity index (χ2v) is 4.75. The van der Waals surface area contributed by atoms with Gasteiger partial charge in [0.15, 0.2) is 0 Å². The van der Waals surface area contributed by atoms with Gasteiger partial charge in [-0.1, -0.05) is 13.3 Å². The third kappa shape index (κ3) is 3.73. The molecule has 0 spiro atoms. The minimum absolute atomic E-state index is 0.0332. The Morgan fingerprint density at radius 1 is 1.47 bits per heavy atom. The number of nitrogens with one attached hydrogen (secondary N) is 1. The maximum Gasteiger partial charge on any atom is 0.255 e. The molecular formula is C13H18FNO2. The number of hydrogen-bond acceptors (Lipinski definition) is 2. The van der Waals surface area contributed by atoms with Gasteiger partial charge in [0.25, 0.3) is 5.91 Å². The highest BCUT2D eigenvalue weighted by molar-refractivity contribution is 5.97. The summed E-state index contributed by atoms with van der Waals surface area (Å²) in [7, 11) is 0. The van der Waals surface area contributed by atoms with Crippen LogP contribution in [0.1, 0.15) is 44.0 Å². The first-order valence-electron chi connectivity index (χ1n) is 5.67. The fourth-order valence-electron chi connectivity index (χ4n) is 1.75. The largest absolute Gasteiger partial charge is 0.507 e. The molecule has 94 valence electrons. The molecule has 0 aliphatic carbocycles. The monoisotopic (exact) mass is 239 g/mol. The summed E-state index contributed by atoms with van der Waals surface area (Å²) >= 11 is 0. The molecule has 0 heterocycles. The highest BCUT2D eigenvalue weighted by Crippen LogP contribution is 2.19. The summed E-state index contributed by atoms with van der Waals surface area (Å²) in [5.41, 5.74) is -0.404. The molecule has 0 aromatic heterocycles. The molecule has 4 heteroatoms. The number of phenolic OH excluding ortho intramolecular Hbond substituents is 1. The number of carbonyl (C=O) groups excluding carboxylic acids is 1. The molecule has 0 aliphatic heterocycles. The van der Waals surface area contributed by atoms with Crippen molar-refractivity contribution in [2.45, 2.75) is 39.2 Å². The van der Waals surface area contributed by atoms with Crippen molar-refractivity contribution in [1.82, 2.24) is 5.32 Å². The number of amides is 1. The molecule has 0 bridgehead atoms. The minimum atomic E-state index is -0.541. The van der Waals surface area contributed by atoms with E-state index in [1.807, 2.05) is 20.8 Å². The summed E-state index contributed by atoms with van der Waals surface area (Å²) in [4.78, 5) is 11.9. The van der Waals surface area contributed by atoms with E-state index in [1.54, 1.807) is 0 Å². The number of benzene rings is 1. The second kappa shape index (κ2) is 5.17. The van der Waals surface area contributed by atoms with E-state index >= 15 is 0 Å². The first-order chi connectivity index (χ1) is 7.85. The van der Waals surface area contributed by atoms with E-state index in [0.29, 0.717) is 0 Å². The SMILES string of the molecule is CCCC(C)(C)NC(=O)c1cc(F)ccc1O. The Morgan fingerprint density at radius 2 is 2.12 bits per heavy atom. The Kier molecular flexibility index (Phi) is 4.10. The summed E-state index contributed by atoms with van der Waals surface area (Å²) < 4.78 is 13.0. The lowest BCUT2D eigenvalue weighted by Crippen LogP contribution is -2.43. The highest BCUT2D eigenvalue weighted by atomic mass is 19.1. The Labute approximate surface area is 101 Å². The molecule has 0 unspecified atom stereocenters. The van der Waals surface area contributed by atoms with Gasteiger partial charge >= 0.3 is 0 Å². The van der Waals surface area contributed by atoms with Crippen LogP contribution >= 0.6 is 0 Å². The maximum absolute atomic E-state index is 13.0. The summed E-state index contributed by atoms with van der Waals surface area (Å²) in [6.45, 7) is 5.81.